The number of nitrogens with one attached hydrogen (secondary N) is 1. The largest absolute Gasteiger partial charge is 0.345 e. The highest BCUT2D eigenvalue weighted by Gasteiger charge is 2.29. The fourth-order valence-corrected chi connectivity index (χ4v) is 3.08. The topological polar surface area (TPSA) is 28.7 Å². The fourth-order valence-electron chi connectivity index (χ4n) is 3.08. The summed E-state index contributed by atoms with van der Waals surface area (Å²) < 4.78 is 0. The van der Waals surface area contributed by atoms with Crippen LogP contribution in [0.15, 0.2) is 0 Å². The Morgan fingerprint density at radius 3 is 2.18 bits per heavy atom. The van der Waals surface area contributed by atoms with Crippen molar-refractivity contribution in [3.63, 3.8) is 0 Å². The van der Waals surface area contributed by atoms with E-state index in [4.69, 9.17) is 4.98 Å². The third-order valence-corrected chi connectivity index (χ3v) is 5.20. The number of hydrogen-bond donors (Lipinski definition) is 1. The van der Waals surface area contributed by atoms with E-state index in [0.29, 0.717) is 17.8 Å². The van der Waals surface area contributed by atoms with Crippen LogP contribution in [-0.2, 0) is 5.41 Å². The van der Waals surface area contributed by atoms with E-state index in [0.717, 1.165) is 0 Å². The number of aromatic amines is 1. The molecule has 0 radical (unpaired) electrons. The Labute approximate surface area is 138 Å². The lowest BCUT2D eigenvalue weighted by Crippen LogP contribution is -2.19. The lowest BCUT2D eigenvalue weighted by Gasteiger charge is -2.22. The van der Waals surface area contributed by atoms with Gasteiger partial charge in [0.15, 0.2) is 0 Å². The van der Waals surface area contributed by atoms with E-state index in [2.05, 4.69) is 60.4 Å². The first kappa shape index (κ1) is 19.3. The van der Waals surface area contributed by atoms with Gasteiger partial charge >= 0.3 is 0 Å². The monoisotopic (exact) mass is 306 g/mol. The standard InChI is InChI=1S/C20H38N2/c1-9-11-13-20(7,8)19-21-17(15(5)12-10-2)18(22-19)16(6)14(3)4/h14-16H,9-13H2,1-8H3,(H,21,22). The van der Waals surface area contributed by atoms with Gasteiger partial charge in [-0.25, -0.2) is 4.98 Å². The number of rotatable bonds is 9. The van der Waals surface area contributed by atoms with Crippen molar-refractivity contribution in [1.82, 2.24) is 9.97 Å². The zero-order valence-corrected chi connectivity index (χ0v) is 16.2. The smallest absolute Gasteiger partial charge is 0.112 e. The first-order chi connectivity index (χ1) is 10.2. The van der Waals surface area contributed by atoms with E-state index in [9.17, 15) is 0 Å². The fraction of sp³-hybridized carbons (Fsp3) is 0.850. The lowest BCUT2D eigenvalue weighted by atomic mass is 9.86. The predicted molar refractivity (Wildman–Crippen MR) is 97.7 cm³/mol. The van der Waals surface area contributed by atoms with Crippen LogP contribution in [-0.4, -0.2) is 9.97 Å². The van der Waals surface area contributed by atoms with Crippen molar-refractivity contribution in [1.29, 1.82) is 0 Å². The number of unbranched alkanes of at least 4 members (excludes halogenated alkanes) is 1. The molecule has 1 N–H and O–H groups in total. The molecule has 0 aliphatic carbocycles. The average molecular weight is 307 g/mol. The van der Waals surface area contributed by atoms with E-state index in [-0.39, 0.29) is 5.41 Å². The molecule has 0 spiro atoms. The van der Waals surface area contributed by atoms with Gasteiger partial charge in [0.05, 0.1) is 5.69 Å². The third kappa shape index (κ3) is 4.60. The predicted octanol–water partition coefficient (Wildman–Crippen LogP) is 6.54. The molecule has 0 aliphatic heterocycles. The van der Waals surface area contributed by atoms with Crippen molar-refractivity contribution in [3.05, 3.63) is 17.2 Å². The first-order valence-electron chi connectivity index (χ1n) is 9.34. The molecule has 0 amide bonds. The van der Waals surface area contributed by atoms with Crippen molar-refractivity contribution in [2.45, 2.75) is 105 Å². The lowest BCUT2D eigenvalue weighted by molar-refractivity contribution is 0.432. The first-order valence-corrected chi connectivity index (χ1v) is 9.34. The van der Waals surface area contributed by atoms with E-state index in [1.54, 1.807) is 0 Å². The second-order valence-electron chi connectivity index (χ2n) is 8.09. The molecule has 22 heavy (non-hydrogen) atoms. The number of hydrogen-bond acceptors (Lipinski definition) is 1. The second-order valence-corrected chi connectivity index (χ2v) is 8.09. The molecule has 0 aromatic carbocycles. The van der Waals surface area contributed by atoms with Gasteiger partial charge in [0.2, 0.25) is 0 Å². The highest BCUT2D eigenvalue weighted by molar-refractivity contribution is 5.25. The molecule has 2 unspecified atom stereocenters. The van der Waals surface area contributed by atoms with Crippen LogP contribution < -0.4 is 0 Å². The summed E-state index contributed by atoms with van der Waals surface area (Å²) in [5, 5.41) is 0. The Kier molecular flexibility index (Phi) is 7.15. The van der Waals surface area contributed by atoms with E-state index >= 15 is 0 Å². The van der Waals surface area contributed by atoms with Crippen molar-refractivity contribution < 1.29 is 0 Å². The molecule has 1 rings (SSSR count). The van der Waals surface area contributed by atoms with Crippen LogP contribution in [0.25, 0.3) is 0 Å². The Morgan fingerprint density at radius 1 is 1.05 bits per heavy atom. The molecule has 2 nitrogen and oxygen atoms in total. The van der Waals surface area contributed by atoms with Gasteiger partial charge in [0, 0.05) is 22.9 Å². The number of aromatic nitrogens is 2. The Hall–Kier alpha value is -0.790. The van der Waals surface area contributed by atoms with Gasteiger partial charge in [-0.15, -0.1) is 0 Å². The normalized spacial score (nSPS) is 15.3. The van der Waals surface area contributed by atoms with Gasteiger partial charge in [0.25, 0.3) is 0 Å². The zero-order valence-electron chi connectivity index (χ0n) is 16.2. The minimum absolute atomic E-state index is 0.144. The molecular formula is C20H38N2. The molecule has 128 valence electrons. The van der Waals surface area contributed by atoms with Crippen LogP contribution in [0.4, 0.5) is 0 Å². The van der Waals surface area contributed by atoms with Crippen molar-refractivity contribution >= 4 is 0 Å². The molecule has 0 aliphatic rings. The highest BCUT2D eigenvalue weighted by Crippen LogP contribution is 2.35. The summed E-state index contributed by atoms with van der Waals surface area (Å²) in [7, 11) is 0. The quantitative estimate of drug-likeness (QED) is 0.551. The summed E-state index contributed by atoms with van der Waals surface area (Å²) in [6, 6.07) is 0. The highest BCUT2D eigenvalue weighted by atomic mass is 15.0. The van der Waals surface area contributed by atoms with E-state index in [1.165, 1.54) is 49.3 Å². The molecular weight excluding hydrogens is 268 g/mol. The average Bonchev–Trinajstić information content (AvgIpc) is 2.90. The second kappa shape index (κ2) is 8.17. The summed E-state index contributed by atoms with van der Waals surface area (Å²) in [6.07, 6.45) is 6.16. The summed E-state index contributed by atoms with van der Waals surface area (Å²) in [4.78, 5) is 8.84. The van der Waals surface area contributed by atoms with Crippen molar-refractivity contribution in [2.24, 2.45) is 5.92 Å². The van der Waals surface area contributed by atoms with Crippen LogP contribution in [0.3, 0.4) is 0 Å². The minimum Gasteiger partial charge on any atom is -0.345 e. The summed E-state index contributed by atoms with van der Waals surface area (Å²) in [6.45, 7) is 18.5. The van der Waals surface area contributed by atoms with Gasteiger partial charge in [-0.3, -0.25) is 0 Å². The number of imidazole rings is 1. The summed E-state index contributed by atoms with van der Waals surface area (Å²) in [5.74, 6) is 2.92. The summed E-state index contributed by atoms with van der Waals surface area (Å²) in [5.41, 5.74) is 2.85. The van der Waals surface area contributed by atoms with E-state index in [1.807, 2.05) is 0 Å². The SMILES string of the molecule is CCCCC(C)(C)c1nc(C(C)CCC)c(C(C)C(C)C)[nH]1. The van der Waals surface area contributed by atoms with Crippen LogP contribution in [0, 0.1) is 5.92 Å². The summed E-state index contributed by atoms with van der Waals surface area (Å²) >= 11 is 0. The minimum atomic E-state index is 0.144. The van der Waals surface area contributed by atoms with Crippen LogP contribution in [0.1, 0.15) is 117 Å². The maximum absolute atomic E-state index is 5.10. The van der Waals surface area contributed by atoms with Crippen molar-refractivity contribution in [3.8, 4) is 0 Å². The molecule has 0 bridgehead atoms. The third-order valence-electron chi connectivity index (χ3n) is 5.20. The molecule has 0 saturated heterocycles. The maximum Gasteiger partial charge on any atom is 0.112 e. The molecule has 0 fully saturated rings. The Morgan fingerprint density at radius 2 is 1.68 bits per heavy atom. The Bertz CT molecular complexity index is 443. The Balaban J connectivity index is 3.19. The van der Waals surface area contributed by atoms with Gasteiger partial charge in [-0.1, -0.05) is 74.7 Å². The van der Waals surface area contributed by atoms with Gasteiger partial charge in [0.1, 0.15) is 5.82 Å². The van der Waals surface area contributed by atoms with E-state index < -0.39 is 0 Å². The van der Waals surface area contributed by atoms with Crippen LogP contribution >= 0.6 is 0 Å². The molecule has 0 saturated carbocycles. The molecule has 1 heterocycles. The molecule has 1 aromatic heterocycles. The molecule has 2 atom stereocenters. The van der Waals surface area contributed by atoms with Crippen LogP contribution in [0.5, 0.6) is 0 Å². The van der Waals surface area contributed by atoms with Gasteiger partial charge < -0.3 is 4.98 Å². The van der Waals surface area contributed by atoms with Gasteiger partial charge in [-0.2, -0.15) is 0 Å². The maximum atomic E-state index is 5.10. The van der Waals surface area contributed by atoms with Crippen LogP contribution in [0.2, 0.25) is 0 Å². The number of H-pyrrole nitrogens is 1. The van der Waals surface area contributed by atoms with Gasteiger partial charge in [-0.05, 0) is 18.8 Å². The molecule has 1 aromatic rings. The van der Waals surface area contributed by atoms with Crippen molar-refractivity contribution in [2.75, 3.05) is 0 Å². The number of nitrogens with zero attached hydrogens (tertiary/aromatic N) is 1. The molecule has 2 heteroatoms. The zero-order chi connectivity index (χ0) is 16.9.